The zero-order valence-electron chi connectivity index (χ0n) is 12.0. The van der Waals surface area contributed by atoms with E-state index < -0.39 is 0 Å². The number of benzene rings is 1. The molecule has 0 bridgehead atoms. The maximum atomic E-state index is 10.8. The Hall–Kier alpha value is -1.74. The van der Waals surface area contributed by atoms with Crippen molar-refractivity contribution in [3.63, 3.8) is 0 Å². The van der Waals surface area contributed by atoms with Gasteiger partial charge in [-0.3, -0.25) is 4.79 Å². The predicted molar refractivity (Wildman–Crippen MR) is 85.2 cm³/mol. The Kier molecular flexibility index (Phi) is 4.02. The Balaban J connectivity index is 2.01. The van der Waals surface area contributed by atoms with Crippen LogP contribution in [0.25, 0.3) is 11.3 Å². The Morgan fingerprint density at radius 3 is 2.67 bits per heavy atom. The van der Waals surface area contributed by atoms with Crippen molar-refractivity contribution in [3.05, 3.63) is 41.1 Å². The van der Waals surface area contributed by atoms with Gasteiger partial charge in [0.2, 0.25) is 0 Å². The summed E-state index contributed by atoms with van der Waals surface area (Å²) < 4.78 is 5.57. The summed E-state index contributed by atoms with van der Waals surface area (Å²) in [6.45, 7) is 4.28. The summed E-state index contributed by atoms with van der Waals surface area (Å²) in [5, 5.41) is 0.728. The fourth-order valence-electron chi connectivity index (χ4n) is 2.83. The van der Waals surface area contributed by atoms with Crippen molar-refractivity contribution in [2.24, 2.45) is 5.92 Å². The van der Waals surface area contributed by atoms with E-state index in [2.05, 4.69) is 11.8 Å². The molecule has 4 heteroatoms. The Bertz CT molecular complexity index is 642. The van der Waals surface area contributed by atoms with E-state index >= 15 is 0 Å². The smallest absolute Gasteiger partial charge is 0.185 e. The van der Waals surface area contributed by atoms with Gasteiger partial charge in [0, 0.05) is 18.7 Å². The van der Waals surface area contributed by atoms with Crippen LogP contribution in [-0.2, 0) is 0 Å². The summed E-state index contributed by atoms with van der Waals surface area (Å²) in [6.07, 6.45) is 3.06. The van der Waals surface area contributed by atoms with Gasteiger partial charge >= 0.3 is 0 Å². The van der Waals surface area contributed by atoms with Crippen molar-refractivity contribution in [2.45, 2.75) is 19.8 Å². The molecule has 1 aliphatic rings. The number of halogens is 1. The highest BCUT2D eigenvalue weighted by atomic mass is 35.5. The molecule has 0 aliphatic carbocycles. The largest absolute Gasteiger partial charge is 0.453 e. The van der Waals surface area contributed by atoms with Crippen molar-refractivity contribution in [2.75, 3.05) is 18.0 Å². The fraction of sp³-hybridized carbons (Fsp3) is 0.353. The minimum atomic E-state index is 0.336. The summed E-state index contributed by atoms with van der Waals surface area (Å²) >= 11 is 6.44. The molecule has 3 nitrogen and oxygen atoms in total. The van der Waals surface area contributed by atoms with E-state index in [0.29, 0.717) is 11.5 Å². The highest BCUT2D eigenvalue weighted by molar-refractivity contribution is 6.34. The summed E-state index contributed by atoms with van der Waals surface area (Å²) in [5.74, 6) is 1.79. The van der Waals surface area contributed by atoms with Crippen LogP contribution < -0.4 is 4.90 Å². The summed E-state index contributed by atoms with van der Waals surface area (Å²) in [5.41, 5.74) is 1.96. The first-order chi connectivity index (χ1) is 10.2. The lowest BCUT2D eigenvalue weighted by Crippen LogP contribution is -2.33. The predicted octanol–water partition coefficient (Wildman–Crippen LogP) is 4.65. The Labute approximate surface area is 129 Å². The third-order valence-corrected chi connectivity index (χ3v) is 4.40. The van der Waals surface area contributed by atoms with Crippen LogP contribution in [0.15, 0.2) is 34.7 Å². The second-order valence-corrected chi connectivity index (χ2v) is 6.03. The minimum Gasteiger partial charge on any atom is -0.453 e. The number of para-hydroxylation sites is 1. The highest BCUT2D eigenvalue weighted by Gasteiger charge is 2.22. The molecular formula is C17H18ClNO2. The maximum absolute atomic E-state index is 10.8. The van der Waals surface area contributed by atoms with Crippen LogP contribution in [0.3, 0.4) is 0 Å². The number of piperidine rings is 1. The molecule has 21 heavy (non-hydrogen) atoms. The summed E-state index contributed by atoms with van der Waals surface area (Å²) in [7, 11) is 0. The third-order valence-electron chi connectivity index (χ3n) is 4.10. The van der Waals surface area contributed by atoms with Crippen LogP contribution in [0.5, 0.6) is 0 Å². The molecule has 0 saturated carbocycles. The molecule has 0 unspecified atom stereocenters. The first-order valence-corrected chi connectivity index (χ1v) is 7.65. The first kappa shape index (κ1) is 14.2. The number of furan rings is 1. The van der Waals surface area contributed by atoms with Crippen LogP contribution >= 0.6 is 11.6 Å². The monoisotopic (exact) mass is 303 g/mol. The standard InChI is InChI=1S/C17H18ClNO2/c1-12-7-9-19(10-8-12)17-14(3-2-4-15(17)18)16-6-5-13(11-20)21-16/h2-6,11-12H,7-10H2,1H3. The van der Waals surface area contributed by atoms with E-state index in [4.69, 9.17) is 16.0 Å². The SMILES string of the molecule is CC1CCN(c2c(Cl)cccc2-c2ccc(C=O)o2)CC1. The van der Waals surface area contributed by atoms with Crippen molar-refractivity contribution < 1.29 is 9.21 Å². The molecule has 1 aliphatic heterocycles. The number of aldehydes is 1. The number of anilines is 1. The van der Waals surface area contributed by atoms with Crippen LogP contribution in [-0.4, -0.2) is 19.4 Å². The summed E-state index contributed by atoms with van der Waals surface area (Å²) in [4.78, 5) is 13.1. The Morgan fingerprint density at radius 2 is 2.00 bits per heavy atom. The molecule has 2 aromatic rings. The quantitative estimate of drug-likeness (QED) is 0.774. The zero-order valence-corrected chi connectivity index (χ0v) is 12.8. The first-order valence-electron chi connectivity index (χ1n) is 7.28. The molecule has 0 atom stereocenters. The molecule has 1 aromatic carbocycles. The van der Waals surface area contributed by atoms with Gasteiger partial charge in [0.25, 0.3) is 0 Å². The lowest BCUT2D eigenvalue weighted by atomic mass is 9.97. The molecule has 1 fully saturated rings. The lowest BCUT2D eigenvalue weighted by Gasteiger charge is -2.33. The molecule has 0 N–H and O–H groups in total. The number of carbonyl (C=O) groups excluding carboxylic acids is 1. The zero-order chi connectivity index (χ0) is 14.8. The highest BCUT2D eigenvalue weighted by Crippen LogP contribution is 2.39. The molecule has 1 aromatic heterocycles. The second-order valence-electron chi connectivity index (χ2n) is 5.63. The van der Waals surface area contributed by atoms with Crippen LogP contribution in [0, 0.1) is 5.92 Å². The molecule has 2 heterocycles. The minimum absolute atomic E-state index is 0.336. The number of hydrogen-bond donors (Lipinski definition) is 0. The Morgan fingerprint density at radius 1 is 1.24 bits per heavy atom. The molecule has 0 amide bonds. The molecule has 3 rings (SSSR count). The van der Waals surface area contributed by atoms with Gasteiger partial charge in [-0.25, -0.2) is 0 Å². The molecule has 0 spiro atoms. The van der Waals surface area contributed by atoms with E-state index in [0.717, 1.165) is 41.6 Å². The van der Waals surface area contributed by atoms with Crippen LogP contribution in [0.4, 0.5) is 5.69 Å². The van der Waals surface area contributed by atoms with Gasteiger partial charge < -0.3 is 9.32 Å². The van der Waals surface area contributed by atoms with Gasteiger partial charge in [-0.2, -0.15) is 0 Å². The van der Waals surface area contributed by atoms with E-state index in [1.807, 2.05) is 24.3 Å². The van der Waals surface area contributed by atoms with E-state index in [9.17, 15) is 4.79 Å². The van der Waals surface area contributed by atoms with Crippen molar-refractivity contribution in [1.82, 2.24) is 0 Å². The van der Waals surface area contributed by atoms with Crippen molar-refractivity contribution in [1.29, 1.82) is 0 Å². The average molecular weight is 304 g/mol. The van der Waals surface area contributed by atoms with Crippen molar-refractivity contribution >= 4 is 23.6 Å². The normalized spacial score (nSPS) is 16.2. The van der Waals surface area contributed by atoms with Gasteiger partial charge in [-0.1, -0.05) is 24.6 Å². The third kappa shape index (κ3) is 2.84. The van der Waals surface area contributed by atoms with Gasteiger partial charge in [-0.05, 0) is 43.0 Å². The van der Waals surface area contributed by atoms with Gasteiger partial charge in [0.1, 0.15) is 5.76 Å². The second kappa shape index (κ2) is 5.94. The van der Waals surface area contributed by atoms with Crippen LogP contribution in [0.2, 0.25) is 5.02 Å². The van der Waals surface area contributed by atoms with Crippen molar-refractivity contribution in [3.8, 4) is 11.3 Å². The number of carbonyl (C=O) groups is 1. The number of hydrogen-bond acceptors (Lipinski definition) is 3. The molecule has 110 valence electrons. The summed E-state index contributed by atoms with van der Waals surface area (Å²) in [6, 6.07) is 9.32. The van der Waals surface area contributed by atoms with Gasteiger partial charge in [0.05, 0.1) is 10.7 Å². The van der Waals surface area contributed by atoms with E-state index in [1.165, 1.54) is 12.8 Å². The molecule has 1 saturated heterocycles. The average Bonchev–Trinajstić information content (AvgIpc) is 2.97. The van der Waals surface area contributed by atoms with Gasteiger partial charge in [-0.15, -0.1) is 0 Å². The fourth-order valence-corrected chi connectivity index (χ4v) is 3.12. The number of nitrogens with zero attached hydrogens (tertiary/aromatic N) is 1. The van der Waals surface area contributed by atoms with E-state index in [1.54, 1.807) is 6.07 Å². The molecular weight excluding hydrogens is 286 g/mol. The van der Waals surface area contributed by atoms with Gasteiger partial charge in [0.15, 0.2) is 12.0 Å². The molecule has 0 radical (unpaired) electrons. The van der Waals surface area contributed by atoms with E-state index in [-0.39, 0.29) is 0 Å². The maximum Gasteiger partial charge on any atom is 0.185 e. The topological polar surface area (TPSA) is 33.5 Å². The lowest BCUT2D eigenvalue weighted by molar-refractivity contribution is 0.110. The number of rotatable bonds is 3. The van der Waals surface area contributed by atoms with Crippen LogP contribution in [0.1, 0.15) is 30.3 Å².